The SMILES string of the molecule is CCCCOS(=O)(=O)O[Si](C)(C)C. The molecule has 0 radical (unpaired) electrons. The molecule has 6 heteroatoms. The average molecular weight is 226 g/mol. The van der Waals surface area contributed by atoms with Crippen LogP contribution in [0.15, 0.2) is 0 Å². The minimum Gasteiger partial charge on any atom is -0.294 e. The summed E-state index contributed by atoms with van der Waals surface area (Å²) in [6, 6.07) is 0. The van der Waals surface area contributed by atoms with Gasteiger partial charge in [0.2, 0.25) is 8.32 Å². The fourth-order valence-corrected chi connectivity index (χ4v) is 3.60. The standard InChI is InChI=1S/C7H18O4SSi/c1-5-6-7-10-12(8,9)11-13(2,3)4/h5-7H2,1-4H3. The third-order valence-electron chi connectivity index (χ3n) is 1.08. The van der Waals surface area contributed by atoms with Gasteiger partial charge in [0.05, 0.1) is 6.61 Å². The molecule has 0 aliphatic rings. The Morgan fingerprint density at radius 3 is 2.15 bits per heavy atom. The lowest BCUT2D eigenvalue weighted by molar-refractivity contribution is 0.267. The minimum absolute atomic E-state index is 0.212. The fraction of sp³-hybridized carbons (Fsp3) is 1.00. The van der Waals surface area contributed by atoms with Gasteiger partial charge >= 0.3 is 10.4 Å². The molecule has 0 heterocycles. The van der Waals surface area contributed by atoms with E-state index in [0.29, 0.717) is 0 Å². The van der Waals surface area contributed by atoms with Crippen molar-refractivity contribution >= 4 is 18.7 Å². The van der Waals surface area contributed by atoms with Crippen molar-refractivity contribution in [1.29, 1.82) is 0 Å². The largest absolute Gasteiger partial charge is 0.390 e. The predicted octanol–water partition coefficient (Wildman–Crippen LogP) is 1.90. The van der Waals surface area contributed by atoms with Crippen molar-refractivity contribution in [3.63, 3.8) is 0 Å². The van der Waals surface area contributed by atoms with Crippen molar-refractivity contribution in [2.45, 2.75) is 39.4 Å². The second-order valence-corrected chi connectivity index (χ2v) is 9.72. The highest BCUT2D eigenvalue weighted by atomic mass is 32.3. The summed E-state index contributed by atoms with van der Waals surface area (Å²) in [5.41, 5.74) is 0. The first-order valence-corrected chi connectivity index (χ1v) is 9.11. The lowest BCUT2D eigenvalue weighted by Gasteiger charge is -2.15. The third kappa shape index (κ3) is 8.42. The van der Waals surface area contributed by atoms with Crippen LogP contribution < -0.4 is 0 Å². The number of hydrogen-bond donors (Lipinski definition) is 0. The van der Waals surface area contributed by atoms with Crippen LogP contribution in [0, 0.1) is 0 Å². The van der Waals surface area contributed by atoms with Crippen molar-refractivity contribution in [3.05, 3.63) is 0 Å². The lowest BCUT2D eigenvalue weighted by Crippen LogP contribution is -2.30. The molecule has 0 aromatic heterocycles. The Kier molecular flexibility index (Phi) is 5.12. The maximum atomic E-state index is 11.1. The van der Waals surface area contributed by atoms with E-state index >= 15 is 0 Å². The van der Waals surface area contributed by atoms with Gasteiger partial charge < -0.3 is 0 Å². The van der Waals surface area contributed by atoms with Gasteiger partial charge in [0, 0.05) is 0 Å². The van der Waals surface area contributed by atoms with Crippen LogP contribution in [0.1, 0.15) is 19.8 Å². The minimum atomic E-state index is -3.75. The Morgan fingerprint density at radius 2 is 1.77 bits per heavy atom. The van der Waals surface area contributed by atoms with Gasteiger partial charge in [0.1, 0.15) is 0 Å². The molecule has 0 saturated heterocycles. The van der Waals surface area contributed by atoms with Crippen LogP contribution in [0.25, 0.3) is 0 Å². The zero-order valence-corrected chi connectivity index (χ0v) is 10.5. The molecule has 0 rings (SSSR count). The van der Waals surface area contributed by atoms with Gasteiger partial charge in [-0.1, -0.05) is 13.3 Å². The Hall–Kier alpha value is 0.0869. The molecule has 13 heavy (non-hydrogen) atoms. The predicted molar refractivity (Wildman–Crippen MR) is 54.2 cm³/mol. The number of hydrogen-bond acceptors (Lipinski definition) is 4. The van der Waals surface area contributed by atoms with Gasteiger partial charge in [-0.15, -0.1) is 0 Å². The van der Waals surface area contributed by atoms with Gasteiger partial charge in [0.15, 0.2) is 0 Å². The van der Waals surface area contributed by atoms with Crippen LogP contribution in [-0.2, 0) is 18.5 Å². The molecule has 80 valence electrons. The summed E-state index contributed by atoms with van der Waals surface area (Å²) < 4.78 is 31.7. The van der Waals surface area contributed by atoms with Gasteiger partial charge in [-0.05, 0) is 26.1 Å². The molecule has 4 nitrogen and oxygen atoms in total. The number of rotatable bonds is 6. The molecule has 0 amide bonds. The van der Waals surface area contributed by atoms with Crippen LogP contribution in [-0.4, -0.2) is 23.3 Å². The zero-order valence-electron chi connectivity index (χ0n) is 8.66. The van der Waals surface area contributed by atoms with E-state index in [2.05, 4.69) is 4.18 Å². The molecule has 0 aliphatic heterocycles. The zero-order chi connectivity index (χ0) is 10.5. The van der Waals surface area contributed by atoms with E-state index in [4.69, 9.17) is 3.87 Å². The first-order valence-electron chi connectivity index (χ1n) is 4.37. The van der Waals surface area contributed by atoms with Gasteiger partial charge in [-0.3, -0.25) is 3.87 Å². The molecular weight excluding hydrogens is 208 g/mol. The second kappa shape index (κ2) is 5.09. The molecule has 0 saturated carbocycles. The topological polar surface area (TPSA) is 52.6 Å². The van der Waals surface area contributed by atoms with Crippen LogP contribution in [0.3, 0.4) is 0 Å². The smallest absolute Gasteiger partial charge is 0.294 e. The Balaban J connectivity index is 3.96. The summed E-state index contributed by atoms with van der Waals surface area (Å²) in [4.78, 5) is 0. The highest BCUT2D eigenvalue weighted by molar-refractivity contribution is 7.83. The van der Waals surface area contributed by atoms with Crippen LogP contribution in [0.2, 0.25) is 19.6 Å². The highest BCUT2D eigenvalue weighted by Crippen LogP contribution is 2.09. The van der Waals surface area contributed by atoms with E-state index in [1.807, 2.05) is 6.92 Å². The summed E-state index contributed by atoms with van der Waals surface area (Å²) in [6.45, 7) is 7.58. The normalized spacial score (nSPS) is 13.2. The molecule has 0 aliphatic carbocycles. The second-order valence-electron chi connectivity index (χ2n) is 3.78. The molecule has 0 aromatic rings. The fourth-order valence-electron chi connectivity index (χ4n) is 0.636. The molecule has 0 unspecified atom stereocenters. The van der Waals surface area contributed by atoms with E-state index in [0.717, 1.165) is 12.8 Å². The molecule has 0 spiro atoms. The van der Waals surface area contributed by atoms with Gasteiger partial charge in [-0.25, -0.2) is 4.18 Å². The Morgan fingerprint density at radius 1 is 1.23 bits per heavy atom. The molecule has 0 bridgehead atoms. The van der Waals surface area contributed by atoms with Crippen LogP contribution in [0.4, 0.5) is 0 Å². The highest BCUT2D eigenvalue weighted by Gasteiger charge is 2.24. The summed E-state index contributed by atoms with van der Waals surface area (Å²) in [6.07, 6.45) is 1.64. The van der Waals surface area contributed by atoms with Crippen molar-refractivity contribution in [1.82, 2.24) is 0 Å². The summed E-state index contributed by atoms with van der Waals surface area (Å²) >= 11 is 0. The van der Waals surface area contributed by atoms with E-state index in [1.165, 1.54) is 0 Å². The maximum Gasteiger partial charge on any atom is 0.390 e. The Bertz CT molecular complexity index is 229. The number of unbranched alkanes of at least 4 members (excludes halogenated alkanes) is 1. The molecule has 0 aromatic carbocycles. The third-order valence-corrected chi connectivity index (χ3v) is 4.35. The van der Waals surface area contributed by atoms with E-state index in [-0.39, 0.29) is 6.61 Å². The average Bonchev–Trinajstić information content (AvgIpc) is 1.81. The molecule has 0 fully saturated rings. The van der Waals surface area contributed by atoms with Crippen LogP contribution >= 0.6 is 0 Å². The van der Waals surface area contributed by atoms with Crippen molar-refractivity contribution in [2.24, 2.45) is 0 Å². The summed E-state index contributed by atoms with van der Waals surface area (Å²) in [7, 11) is -5.82. The van der Waals surface area contributed by atoms with E-state index in [9.17, 15) is 8.42 Å². The van der Waals surface area contributed by atoms with Crippen molar-refractivity contribution in [3.8, 4) is 0 Å². The summed E-state index contributed by atoms with van der Waals surface area (Å²) in [5, 5.41) is 0. The quantitative estimate of drug-likeness (QED) is 0.513. The van der Waals surface area contributed by atoms with Crippen molar-refractivity contribution in [2.75, 3.05) is 6.61 Å². The van der Waals surface area contributed by atoms with E-state index < -0.39 is 18.7 Å². The molecular formula is C7H18O4SSi. The van der Waals surface area contributed by atoms with E-state index in [1.54, 1.807) is 19.6 Å². The summed E-state index contributed by atoms with van der Waals surface area (Å²) in [5.74, 6) is 0. The lowest BCUT2D eigenvalue weighted by atomic mass is 10.4. The first-order chi connectivity index (χ1) is 5.77. The maximum absolute atomic E-state index is 11.1. The first kappa shape index (κ1) is 13.1. The van der Waals surface area contributed by atoms with Gasteiger partial charge in [-0.2, -0.15) is 8.42 Å². The van der Waals surface area contributed by atoms with Gasteiger partial charge in [0.25, 0.3) is 0 Å². The monoisotopic (exact) mass is 226 g/mol. The van der Waals surface area contributed by atoms with Crippen molar-refractivity contribution < 1.29 is 16.5 Å². The van der Waals surface area contributed by atoms with Crippen LogP contribution in [0.5, 0.6) is 0 Å². The molecule has 0 atom stereocenters. The molecule has 0 N–H and O–H groups in total. The Labute approximate surface area is 81.7 Å².